The highest BCUT2D eigenvalue weighted by Crippen LogP contribution is 2.33. The number of hydrazine groups is 1. The van der Waals surface area contributed by atoms with Gasteiger partial charge in [0.25, 0.3) is 0 Å². The number of nitrogens with one attached hydrogen (secondary N) is 1. The number of aromatic nitrogens is 2. The molecule has 130 valence electrons. The Hall–Kier alpha value is -1.33. The Morgan fingerprint density at radius 3 is 2.52 bits per heavy atom. The molecule has 0 amide bonds. The first kappa shape index (κ1) is 18.0. The molecule has 1 saturated carbocycles. The van der Waals surface area contributed by atoms with Gasteiger partial charge in [0.2, 0.25) is 0 Å². The fraction of sp³-hybridized carbons (Fsp3) is 0.692. The zero-order valence-electron chi connectivity index (χ0n) is 13.2. The largest absolute Gasteiger partial charge is 0.390 e. The Morgan fingerprint density at radius 2 is 2.00 bits per heavy atom. The monoisotopic (exact) mass is 344 g/mol. The summed E-state index contributed by atoms with van der Waals surface area (Å²) in [7, 11) is 1.61. The molecule has 0 unspecified atom stereocenters. The molecule has 8 N–H and O–H groups in total. The first-order valence-electron chi connectivity index (χ1n) is 7.44. The smallest absolute Gasteiger partial charge is 0.191 e. The van der Waals surface area contributed by atoms with Gasteiger partial charge < -0.3 is 31.4 Å². The molecule has 2 rings (SSSR count). The topological polar surface area (TPSA) is 154 Å². The SMILES string of the molecule is CCCSc1nc(N)c(N(C)N)c(N[C@@H]2C[C@H](O)[C@@H](O)[C@H]2O)n1. The zero-order valence-corrected chi connectivity index (χ0v) is 14.0. The Bertz CT molecular complexity index is 547. The lowest BCUT2D eigenvalue weighted by atomic mass is 10.2. The molecule has 0 spiro atoms. The summed E-state index contributed by atoms with van der Waals surface area (Å²) in [5.41, 5.74) is 6.37. The summed E-state index contributed by atoms with van der Waals surface area (Å²) in [4.78, 5) is 8.63. The van der Waals surface area contributed by atoms with E-state index in [0.29, 0.717) is 16.7 Å². The van der Waals surface area contributed by atoms with Crippen LogP contribution in [0.1, 0.15) is 19.8 Å². The molecular weight excluding hydrogens is 320 g/mol. The van der Waals surface area contributed by atoms with E-state index < -0.39 is 24.4 Å². The molecule has 9 nitrogen and oxygen atoms in total. The highest BCUT2D eigenvalue weighted by atomic mass is 32.2. The Balaban J connectivity index is 2.29. The van der Waals surface area contributed by atoms with Crippen molar-refractivity contribution >= 4 is 29.1 Å². The molecule has 0 aliphatic heterocycles. The molecule has 0 radical (unpaired) electrons. The van der Waals surface area contributed by atoms with Crippen LogP contribution in [0.25, 0.3) is 0 Å². The summed E-state index contributed by atoms with van der Waals surface area (Å²) >= 11 is 1.47. The van der Waals surface area contributed by atoms with Crippen molar-refractivity contribution in [3.05, 3.63) is 0 Å². The average molecular weight is 344 g/mol. The minimum atomic E-state index is -1.19. The molecule has 1 aliphatic rings. The van der Waals surface area contributed by atoms with Gasteiger partial charge in [-0.05, 0) is 12.8 Å². The van der Waals surface area contributed by atoms with Gasteiger partial charge in [-0.3, -0.25) is 0 Å². The van der Waals surface area contributed by atoms with E-state index in [9.17, 15) is 15.3 Å². The first-order valence-corrected chi connectivity index (χ1v) is 8.43. The lowest BCUT2D eigenvalue weighted by Crippen LogP contribution is -2.37. The molecule has 10 heteroatoms. The van der Waals surface area contributed by atoms with E-state index in [-0.39, 0.29) is 12.2 Å². The summed E-state index contributed by atoms with van der Waals surface area (Å²) in [6, 6.07) is -0.558. The predicted octanol–water partition coefficient (Wildman–Crippen LogP) is -0.862. The Labute approximate surface area is 139 Å². The van der Waals surface area contributed by atoms with E-state index in [4.69, 9.17) is 11.6 Å². The van der Waals surface area contributed by atoms with Crippen molar-refractivity contribution in [2.24, 2.45) is 5.84 Å². The van der Waals surface area contributed by atoms with Crippen molar-refractivity contribution in [3.8, 4) is 0 Å². The number of anilines is 3. The Morgan fingerprint density at radius 1 is 1.30 bits per heavy atom. The molecule has 23 heavy (non-hydrogen) atoms. The van der Waals surface area contributed by atoms with Gasteiger partial charge in [-0.1, -0.05) is 18.7 Å². The number of hydrogen-bond donors (Lipinski definition) is 6. The van der Waals surface area contributed by atoms with E-state index in [1.165, 1.54) is 16.8 Å². The van der Waals surface area contributed by atoms with Crippen molar-refractivity contribution in [3.63, 3.8) is 0 Å². The van der Waals surface area contributed by atoms with Gasteiger partial charge in [0.15, 0.2) is 16.8 Å². The van der Waals surface area contributed by atoms with Crippen LogP contribution in [0.2, 0.25) is 0 Å². The minimum absolute atomic E-state index is 0.192. The lowest BCUT2D eigenvalue weighted by molar-refractivity contribution is -0.0196. The van der Waals surface area contributed by atoms with Crippen LogP contribution < -0.4 is 21.9 Å². The predicted molar refractivity (Wildman–Crippen MR) is 90.1 cm³/mol. The molecule has 1 aliphatic carbocycles. The van der Waals surface area contributed by atoms with Gasteiger partial charge >= 0.3 is 0 Å². The van der Waals surface area contributed by atoms with Crippen LogP contribution >= 0.6 is 11.8 Å². The standard InChI is InChI=1S/C13H24N6O3S/c1-3-4-23-13-17-11(14)8(19(2)15)12(18-13)16-6-5-7(20)10(22)9(6)21/h6-7,9-10,20-22H,3-5,15H2,1-2H3,(H3,14,16,17,18)/t6-,7+,9+,10-/m1/s1. The number of nitrogens with zero attached hydrogens (tertiary/aromatic N) is 3. The fourth-order valence-electron chi connectivity index (χ4n) is 2.48. The van der Waals surface area contributed by atoms with Crippen LogP contribution in [0.15, 0.2) is 5.16 Å². The number of aliphatic hydroxyl groups is 3. The maximum absolute atomic E-state index is 10.0. The van der Waals surface area contributed by atoms with E-state index in [0.717, 1.165) is 12.2 Å². The Kier molecular flexibility index (Phi) is 5.87. The molecule has 1 fully saturated rings. The summed E-state index contributed by atoms with van der Waals surface area (Å²) < 4.78 is 0. The molecule has 1 aromatic rings. The van der Waals surface area contributed by atoms with E-state index in [1.807, 2.05) is 0 Å². The first-order chi connectivity index (χ1) is 10.8. The van der Waals surface area contributed by atoms with E-state index >= 15 is 0 Å². The zero-order chi connectivity index (χ0) is 17.1. The highest BCUT2D eigenvalue weighted by molar-refractivity contribution is 7.99. The second-order valence-electron chi connectivity index (χ2n) is 5.58. The van der Waals surface area contributed by atoms with Crippen LogP contribution in [0.3, 0.4) is 0 Å². The van der Waals surface area contributed by atoms with Gasteiger partial charge in [-0.15, -0.1) is 0 Å². The number of aliphatic hydroxyl groups excluding tert-OH is 3. The number of thioether (sulfide) groups is 1. The maximum Gasteiger partial charge on any atom is 0.191 e. The van der Waals surface area contributed by atoms with Crippen LogP contribution in [-0.4, -0.2) is 62.4 Å². The molecule has 1 heterocycles. The second-order valence-corrected chi connectivity index (χ2v) is 6.65. The lowest BCUT2D eigenvalue weighted by Gasteiger charge is -2.23. The van der Waals surface area contributed by atoms with Crippen molar-refractivity contribution in [1.82, 2.24) is 9.97 Å². The maximum atomic E-state index is 10.0. The van der Waals surface area contributed by atoms with Crippen molar-refractivity contribution in [2.45, 2.75) is 49.3 Å². The summed E-state index contributed by atoms with van der Waals surface area (Å²) in [5, 5.41) is 34.2. The van der Waals surface area contributed by atoms with Gasteiger partial charge in [-0.2, -0.15) is 0 Å². The third kappa shape index (κ3) is 3.96. The van der Waals surface area contributed by atoms with Crippen LogP contribution in [0, 0.1) is 0 Å². The van der Waals surface area contributed by atoms with E-state index in [1.54, 1.807) is 7.05 Å². The van der Waals surface area contributed by atoms with Gasteiger partial charge in [-0.25, -0.2) is 15.8 Å². The number of hydrogen-bond acceptors (Lipinski definition) is 10. The number of nitrogens with two attached hydrogens (primary N) is 2. The van der Waals surface area contributed by atoms with E-state index in [2.05, 4.69) is 22.2 Å². The molecule has 0 aromatic carbocycles. The summed E-state index contributed by atoms with van der Waals surface area (Å²) in [5.74, 6) is 7.23. The normalized spacial score (nSPS) is 27.2. The quantitative estimate of drug-likeness (QED) is 0.166. The highest BCUT2D eigenvalue weighted by Gasteiger charge is 2.41. The number of nitrogen functional groups attached to an aromatic ring is 1. The number of rotatable bonds is 6. The molecule has 4 atom stereocenters. The summed E-state index contributed by atoms with van der Waals surface area (Å²) in [6.07, 6.45) is -2.13. The average Bonchev–Trinajstić information content (AvgIpc) is 2.71. The van der Waals surface area contributed by atoms with Crippen molar-refractivity contribution in [2.75, 3.05) is 28.9 Å². The van der Waals surface area contributed by atoms with Gasteiger partial charge in [0.05, 0.1) is 12.1 Å². The molecular formula is C13H24N6O3S. The third-order valence-electron chi connectivity index (χ3n) is 3.65. The molecule has 0 bridgehead atoms. The summed E-state index contributed by atoms with van der Waals surface area (Å²) in [6.45, 7) is 2.05. The van der Waals surface area contributed by atoms with Crippen molar-refractivity contribution in [1.29, 1.82) is 0 Å². The molecule has 0 saturated heterocycles. The van der Waals surface area contributed by atoms with Gasteiger partial charge in [0.1, 0.15) is 17.9 Å². The fourth-order valence-corrected chi connectivity index (χ4v) is 3.19. The van der Waals surface area contributed by atoms with Gasteiger partial charge in [0, 0.05) is 12.8 Å². The van der Waals surface area contributed by atoms with Crippen molar-refractivity contribution < 1.29 is 15.3 Å². The minimum Gasteiger partial charge on any atom is -0.390 e. The van der Waals surface area contributed by atoms with Crippen LogP contribution in [-0.2, 0) is 0 Å². The van der Waals surface area contributed by atoms with Crippen LogP contribution in [0.4, 0.5) is 17.3 Å². The van der Waals surface area contributed by atoms with Crippen LogP contribution in [0.5, 0.6) is 0 Å². The molecule has 1 aromatic heterocycles. The third-order valence-corrected chi connectivity index (χ3v) is 4.71. The second kappa shape index (κ2) is 7.49.